The second kappa shape index (κ2) is 5.98. The Labute approximate surface area is 131 Å². The number of rotatable bonds is 2. The summed E-state index contributed by atoms with van der Waals surface area (Å²) in [5.41, 5.74) is 2.70. The molecule has 0 aliphatic carbocycles. The van der Waals surface area contributed by atoms with Gasteiger partial charge < -0.3 is 9.73 Å². The van der Waals surface area contributed by atoms with E-state index in [1.807, 2.05) is 30.3 Å². The number of fused-ring (bicyclic) bond motifs is 1. The Balaban J connectivity index is 2.10. The number of anilines is 1. The van der Waals surface area contributed by atoms with E-state index in [9.17, 15) is 0 Å². The fourth-order valence-corrected chi connectivity index (χ4v) is 2.47. The Bertz CT molecular complexity index is 754. The van der Waals surface area contributed by atoms with E-state index >= 15 is 0 Å². The molecule has 5 heteroatoms. The molecule has 0 atom stereocenters. The summed E-state index contributed by atoms with van der Waals surface area (Å²) >= 11 is 3.49. The van der Waals surface area contributed by atoms with Gasteiger partial charge in [0.1, 0.15) is 18.1 Å². The number of hydrogen-bond donors (Lipinski definition) is 1. The van der Waals surface area contributed by atoms with Gasteiger partial charge in [0, 0.05) is 15.7 Å². The normalized spacial score (nSPS) is 15.6. The lowest BCUT2D eigenvalue weighted by Gasteiger charge is -2.09. The molecule has 0 saturated carbocycles. The molecule has 104 valence electrons. The van der Waals surface area contributed by atoms with Crippen LogP contribution < -0.4 is 5.32 Å². The molecule has 2 heterocycles. The van der Waals surface area contributed by atoms with Gasteiger partial charge in [-0.15, -0.1) is 6.42 Å². The minimum absolute atomic E-state index is 0.333. The first-order valence-corrected chi connectivity index (χ1v) is 7.19. The van der Waals surface area contributed by atoms with Gasteiger partial charge >= 0.3 is 0 Å². The molecular formula is C16H12BrN3O. The summed E-state index contributed by atoms with van der Waals surface area (Å²) < 4.78 is 6.47. The molecule has 0 bridgehead atoms. The van der Waals surface area contributed by atoms with E-state index in [1.165, 1.54) is 0 Å². The highest BCUT2D eigenvalue weighted by Crippen LogP contribution is 2.26. The van der Waals surface area contributed by atoms with E-state index < -0.39 is 0 Å². The summed E-state index contributed by atoms with van der Waals surface area (Å²) in [5, 5.41) is 3.29. The van der Waals surface area contributed by atoms with Crippen molar-refractivity contribution in [2.75, 3.05) is 18.4 Å². The van der Waals surface area contributed by atoms with Gasteiger partial charge in [-0.3, -0.25) is 9.98 Å². The van der Waals surface area contributed by atoms with Gasteiger partial charge in [-0.2, -0.15) is 0 Å². The summed E-state index contributed by atoms with van der Waals surface area (Å²) in [6.45, 7) is 0.768. The van der Waals surface area contributed by atoms with Crippen molar-refractivity contribution in [2.45, 2.75) is 0 Å². The first kappa shape index (κ1) is 13.7. The molecule has 4 nitrogen and oxygen atoms in total. The molecule has 0 amide bonds. The Morgan fingerprint density at radius 1 is 1.43 bits per heavy atom. The number of benzodiazepines with no additional fused rings is 1. The van der Waals surface area contributed by atoms with Crippen molar-refractivity contribution in [2.24, 2.45) is 9.98 Å². The number of nitrogens with zero attached hydrogens (tertiary/aromatic N) is 2. The molecule has 2 aromatic rings. The average Bonchev–Trinajstić information content (AvgIpc) is 2.95. The van der Waals surface area contributed by atoms with Crippen molar-refractivity contribution in [1.29, 1.82) is 0 Å². The maximum Gasteiger partial charge on any atom is 0.152 e. The summed E-state index contributed by atoms with van der Waals surface area (Å²) in [6, 6.07) is 9.70. The van der Waals surface area contributed by atoms with Gasteiger partial charge in [-0.25, -0.2) is 0 Å². The summed E-state index contributed by atoms with van der Waals surface area (Å²) in [7, 11) is 0. The highest BCUT2D eigenvalue weighted by molar-refractivity contribution is 9.10. The van der Waals surface area contributed by atoms with Crippen molar-refractivity contribution >= 4 is 33.2 Å². The maximum atomic E-state index is 5.50. The molecular weight excluding hydrogens is 330 g/mol. The summed E-state index contributed by atoms with van der Waals surface area (Å²) in [5.74, 6) is 3.98. The minimum Gasteiger partial charge on any atom is -0.463 e. The van der Waals surface area contributed by atoms with Crippen LogP contribution in [-0.2, 0) is 0 Å². The molecule has 1 N–H and O–H groups in total. The molecule has 3 rings (SSSR count). The third-order valence-electron chi connectivity index (χ3n) is 3.02. The number of terminal acetylenes is 1. The number of benzene rings is 1. The fourth-order valence-electron chi connectivity index (χ4n) is 2.11. The smallest absolute Gasteiger partial charge is 0.152 e. The first-order valence-electron chi connectivity index (χ1n) is 6.40. The topological polar surface area (TPSA) is 49.9 Å². The largest absolute Gasteiger partial charge is 0.463 e. The van der Waals surface area contributed by atoms with E-state index in [2.05, 4.69) is 37.2 Å². The third kappa shape index (κ3) is 2.91. The molecule has 1 aliphatic rings. The van der Waals surface area contributed by atoms with Crippen molar-refractivity contribution in [1.82, 2.24) is 0 Å². The Kier molecular flexibility index (Phi) is 3.89. The van der Waals surface area contributed by atoms with Crippen LogP contribution in [0.1, 0.15) is 11.3 Å². The van der Waals surface area contributed by atoms with E-state index in [0.29, 0.717) is 13.1 Å². The number of furan rings is 1. The van der Waals surface area contributed by atoms with Crippen LogP contribution in [0.2, 0.25) is 0 Å². The van der Waals surface area contributed by atoms with E-state index in [-0.39, 0.29) is 0 Å². The van der Waals surface area contributed by atoms with Gasteiger partial charge in [0.15, 0.2) is 5.76 Å². The van der Waals surface area contributed by atoms with Crippen LogP contribution in [0.4, 0.5) is 5.69 Å². The first-order chi connectivity index (χ1) is 10.3. The van der Waals surface area contributed by atoms with Crippen LogP contribution in [0.5, 0.6) is 0 Å². The molecule has 0 saturated heterocycles. The van der Waals surface area contributed by atoms with Gasteiger partial charge in [-0.05, 0) is 30.3 Å². The monoisotopic (exact) mass is 341 g/mol. The summed E-state index contributed by atoms with van der Waals surface area (Å²) in [6.07, 6.45) is 6.90. The van der Waals surface area contributed by atoms with E-state index in [1.54, 1.807) is 6.26 Å². The molecule has 1 aliphatic heterocycles. The van der Waals surface area contributed by atoms with Gasteiger partial charge in [0.05, 0.1) is 12.8 Å². The lowest BCUT2D eigenvalue weighted by Crippen LogP contribution is -2.15. The van der Waals surface area contributed by atoms with Crippen molar-refractivity contribution in [3.8, 4) is 12.3 Å². The van der Waals surface area contributed by atoms with Gasteiger partial charge in [-0.1, -0.05) is 21.9 Å². The van der Waals surface area contributed by atoms with E-state index in [0.717, 1.165) is 33.0 Å². The van der Waals surface area contributed by atoms with Crippen molar-refractivity contribution in [3.05, 3.63) is 52.4 Å². The third-order valence-corrected chi connectivity index (χ3v) is 3.51. The maximum absolute atomic E-state index is 5.50. The Morgan fingerprint density at radius 3 is 3.10 bits per heavy atom. The molecule has 0 fully saturated rings. The van der Waals surface area contributed by atoms with Crippen molar-refractivity contribution < 1.29 is 4.42 Å². The van der Waals surface area contributed by atoms with Gasteiger partial charge in [0.25, 0.3) is 0 Å². The highest BCUT2D eigenvalue weighted by Gasteiger charge is 2.19. The molecule has 21 heavy (non-hydrogen) atoms. The predicted octanol–water partition coefficient (Wildman–Crippen LogP) is 3.34. The quantitative estimate of drug-likeness (QED) is 0.851. The van der Waals surface area contributed by atoms with Crippen LogP contribution in [0, 0.1) is 12.3 Å². The standard InChI is InChI=1S/C16H12BrN3O/c1-2-7-18-15-10-19-16(14-4-3-8-21-14)12-9-11(17)5-6-13(12)20-15/h1,3-6,8-9H,7,10H2,(H,18,20). The molecule has 1 aromatic carbocycles. The zero-order valence-corrected chi connectivity index (χ0v) is 12.7. The molecule has 1 aromatic heterocycles. The van der Waals surface area contributed by atoms with Gasteiger partial charge in [0.2, 0.25) is 0 Å². The van der Waals surface area contributed by atoms with Crippen LogP contribution in [-0.4, -0.2) is 24.6 Å². The van der Waals surface area contributed by atoms with Crippen LogP contribution >= 0.6 is 15.9 Å². The number of hydrogen-bond acceptors (Lipinski definition) is 3. The lowest BCUT2D eigenvalue weighted by molar-refractivity contribution is 0.558. The highest BCUT2D eigenvalue weighted by atomic mass is 79.9. The average molecular weight is 342 g/mol. The Morgan fingerprint density at radius 2 is 2.33 bits per heavy atom. The number of halogens is 1. The van der Waals surface area contributed by atoms with E-state index in [4.69, 9.17) is 10.8 Å². The van der Waals surface area contributed by atoms with Crippen LogP contribution in [0.25, 0.3) is 0 Å². The zero-order valence-electron chi connectivity index (χ0n) is 11.1. The second-order valence-corrected chi connectivity index (χ2v) is 5.34. The summed E-state index contributed by atoms with van der Waals surface area (Å²) in [4.78, 5) is 8.94. The molecule has 0 unspecified atom stereocenters. The fraction of sp³-hybridized carbons (Fsp3) is 0.125. The SMILES string of the molecule is C#CCN=C1CN=C(c2ccco2)c2cc(Br)ccc2N1. The number of amidine groups is 1. The Hall–Kier alpha value is -2.32. The molecule has 0 radical (unpaired) electrons. The lowest BCUT2D eigenvalue weighted by atomic mass is 10.1. The second-order valence-electron chi connectivity index (χ2n) is 4.42. The number of aliphatic imine (C=N–C) groups is 2. The number of nitrogens with one attached hydrogen (secondary N) is 1. The zero-order chi connectivity index (χ0) is 14.7. The predicted molar refractivity (Wildman–Crippen MR) is 88.1 cm³/mol. The van der Waals surface area contributed by atoms with Crippen molar-refractivity contribution in [3.63, 3.8) is 0 Å². The van der Waals surface area contributed by atoms with Crippen LogP contribution in [0.3, 0.4) is 0 Å². The minimum atomic E-state index is 0.333. The molecule has 0 spiro atoms. The van der Waals surface area contributed by atoms with Crippen LogP contribution in [0.15, 0.2) is 55.5 Å².